The molecule has 25 heavy (non-hydrogen) atoms. The van der Waals surface area contributed by atoms with Crippen molar-refractivity contribution < 1.29 is 19.8 Å². The maximum atomic E-state index is 12.3. The minimum atomic E-state index is -1.31. The minimum absolute atomic E-state index is 0.376. The van der Waals surface area contributed by atoms with Crippen LogP contribution in [0.15, 0.2) is 48.5 Å². The van der Waals surface area contributed by atoms with Crippen LogP contribution < -0.4 is 5.32 Å². The van der Waals surface area contributed by atoms with E-state index in [1.54, 1.807) is 18.2 Å². The number of hydrogen-bond donors (Lipinski definition) is 3. The van der Waals surface area contributed by atoms with Gasteiger partial charge in [-0.15, -0.1) is 0 Å². The molecular formula is C20H21NO4. The van der Waals surface area contributed by atoms with E-state index in [4.69, 9.17) is 10.2 Å². The molecule has 0 bridgehead atoms. The van der Waals surface area contributed by atoms with Crippen molar-refractivity contribution in [3.05, 3.63) is 59.7 Å². The van der Waals surface area contributed by atoms with Gasteiger partial charge in [0.05, 0.1) is 6.61 Å². The summed E-state index contributed by atoms with van der Waals surface area (Å²) in [7, 11) is 0. The summed E-state index contributed by atoms with van der Waals surface area (Å²) in [5, 5.41) is 20.4. The molecule has 1 unspecified atom stereocenters. The smallest absolute Gasteiger partial charge is 0.328 e. The molecule has 0 radical (unpaired) electrons. The average molecular weight is 339 g/mol. The molecule has 0 spiro atoms. The third-order valence-electron chi connectivity index (χ3n) is 4.73. The largest absolute Gasteiger partial charge is 0.480 e. The first kappa shape index (κ1) is 17.2. The van der Waals surface area contributed by atoms with Gasteiger partial charge in [-0.05, 0) is 47.6 Å². The minimum Gasteiger partial charge on any atom is -0.480 e. The van der Waals surface area contributed by atoms with Crippen LogP contribution in [-0.2, 0) is 4.79 Å². The molecule has 0 aromatic heterocycles. The second kappa shape index (κ2) is 7.49. The summed E-state index contributed by atoms with van der Waals surface area (Å²) < 4.78 is 0. The molecule has 2 aromatic carbocycles. The number of carbonyl (C=O) groups is 2. The fraction of sp³-hybridized carbons (Fsp3) is 0.300. The van der Waals surface area contributed by atoms with Gasteiger partial charge in [-0.3, -0.25) is 4.79 Å². The quantitative estimate of drug-likeness (QED) is 0.755. The van der Waals surface area contributed by atoms with E-state index in [1.807, 2.05) is 18.2 Å². The Morgan fingerprint density at radius 2 is 1.88 bits per heavy atom. The van der Waals surface area contributed by atoms with Crippen LogP contribution in [0, 0.1) is 0 Å². The summed E-state index contributed by atoms with van der Waals surface area (Å²) in [4.78, 5) is 23.3. The number of carbonyl (C=O) groups excluding carboxylic acids is 1. The van der Waals surface area contributed by atoms with Gasteiger partial charge in [0.1, 0.15) is 0 Å². The van der Waals surface area contributed by atoms with Crippen LogP contribution in [0.4, 0.5) is 0 Å². The number of aliphatic hydroxyl groups excluding tert-OH is 1. The van der Waals surface area contributed by atoms with E-state index in [2.05, 4.69) is 17.4 Å². The average Bonchev–Trinajstić information content (AvgIpc) is 2.58. The Hall–Kier alpha value is -2.66. The van der Waals surface area contributed by atoms with E-state index in [9.17, 15) is 9.59 Å². The van der Waals surface area contributed by atoms with Crippen LogP contribution in [0.3, 0.4) is 0 Å². The predicted molar refractivity (Wildman–Crippen MR) is 94.4 cm³/mol. The number of carboxylic acids is 1. The summed E-state index contributed by atoms with van der Waals surface area (Å²) in [6.07, 6.45) is 3.63. The fourth-order valence-corrected chi connectivity index (χ4v) is 3.09. The van der Waals surface area contributed by atoms with E-state index in [0.717, 1.165) is 11.1 Å². The van der Waals surface area contributed by atoms with Crippen LogP contribution in [0.5, 0.6) is 0 Å². The Bertz CT molecular complexity index is 783. The highest BCUT2D eigenvalue weighted by Gasteiger charge is 2.23. The van der Waals surface area contributed by atoms with E-state index < -0.39 is 24.5 Å². The highest BCUT2D eigenvalue weighted by atomic mass is 16.4. The van der Waals surface area contributed by atoms with Gasteiger partial charge in [0.25, 0.3) is 5.91 Å². The summed E-state index contributed by atoms with van der Waals surface area (Å²) in [6, 6.07) is 14.0. The van der Waals surface area contributed by atoms with Crippen molar-refractivity contribution in [1.29, 1.82) is 0 Å². The number of rotatable bonds is 6. The standard InChI is InChI=1S/C20H21NO4/c22-12-18(20(24)25)21-19(23)15-8-4-7-14(11-15)17-10-2-1-9-16(17)13-5-3-6-13/h1-2,4,7-11,13,18,22H,3,5-6,12H2,(H,21,23)(H,24,25). The molecule has 1 saturated carbocycles. The Kier molecular flexibility index (Phi) is 5.14. The Balaban J connectivity index is 1.87. The van der Waals surface area contributed by atoms with Crippen molar-refractivity contribution in [3.63, 3.8) is 0 Å². The third kappa shape index (κ3) is 3.72. The summed E-state index contributed by atoms with van der Waals surface area (Å²) in [5.74, 6) is -1.20. The number of carboxylic acid groups (broad SMARTS) is 1. The van der Waals surface area contributed by atoms with Gasteiger partial charge < -0.3 is 15.5 Å². The Morgan fingerprint density at radius 3 is 2.52 bits per heavy atom. The van der Waals surface area contributed by atoms with Crippen LogP contribution in [-0.4, -0.2) is 34.7 Å². The molecule has 0 aliphatic heterocycles. The van der Waals surface area contributed by atoms with Gasteiger partial charge in [-0.1, -0.05) is 42.8 Å². The van der Waals surface area contributed by atoms with E-state index >= 15 is 0 Å². The monoisotopic (exact) mass is 339 g/mol. The van der Waals surface area contributed by atoms with E-state index in [-0.39, 0.29) is 0 Å². The summed E-state index contributed by atoms with van der Waals surface area (Å²) in [6.45, 7) is -0.648. The molecule has 3 rings (SSSR count). The van der Waals surface area contributed by atoms with Crippen LogP contribution in [0.2, 0.25) is 0 Å². The third-order valence-corrected chi connectivity index (χ3v) is 4.73. The molecule has 0 saturated heterocycles. The molecule has 5 heteroatoms. The lowest BCUT2D eigenvalue weighted by molar-refractivity contribution is -0.140. The van der Waals surface area contributed by atoms with Crippen molar-refractivity contribution in [2.75, 3.05) is 6.61 Å². The highest BCUT2D eigenvalue weighted by Crippen LogP contribution is 2.41. The summed E-state index contributed by atoms with van der Waals surface area (Å²) >= 11 is 0. The first-order valence-electron chi connectivity index (χ1n) is 8.44. The molecule has 130 valence electrons. The van der Waals surface area contributed by atoms with Crippen molar-refractivity contribution in [3.8, 4) is 11.1 Å². The van der Waals surface area contributed by atoms with Crippen LogP contribution >= 0.6 is 0 Å². The Labute approximate surface area is 146 Å². The van der Waals surface area contributed by atoms with Gasteiger partial charge >= 0.3 is 5.97 Å². The van der Waals surface area contributed by atoms with Gasteiger partial charge in [-0.2, -0.15) is 0 Å². The molecule has 5 nitrogen and oxygen atoms in total. The van der Waals surface area contributed by atoms with Gasteiger partial charge in [-0.25, -0.2) is 4.79 Å². The number of amides is 1. The molecule has 2 aromatic rings. The highest BCUT2D eigenvalue weighted by molar-refractivity contribution is 5.97. The predicted octanol–water partition coefficient (Wildman–Crippen LogP) is 2.80. The molecular weight excluding hydrogens is 318 g/mol. The number of aliphatic carboxylic acids is 1. The molecule has 0 heterocycles. The second-order valence-corrected chi connectivity index (χ2v) is 6.34. The zero-order valence-electron chi connectivity index (χ0n) is 13.8. The fourth-order valence-electron chi connectivity index (χ4n) is 3.09. The lowest BCUT2D eigenvalue weighted by Crippen LogP contribution is -2.43. The zero-order valence-corrected chi connectivity index (χ0v) is 13.8. The molecule has 3 N–H and O–H groups in total. The van der Waals surface area contributed by atoms with Crippen molar-refractivity contribution in [2.24, 2.45) is 0 Å². The van der Waals surface area contributed by atoms with Crippen molar-refractivity contribution in [2.45, 2.75) is 31.2 Å². The number of aliphatic hydroxyl groups is 1. The van der Waals surface area contributed by atoms with E-state index in [0.29, 0.717) is 11.5 Å². The van der Waals surface area contributed by atoms with Crippen LogP contribution in [0.1, 0.15) is 41.1 Å². The molecule has 1 fully saturated rings. The lowest BCUT2D eigenvalue weighted by Gasteiger charge is -2.28. The summed E-state index contributed by atoms with van der Waals surface area (Å²) in [5.41, 5.74) is 3.72. The van der Waals surface area contributed by atoms with Crippen molar-refractivity contribution >= 4 is 11.9 Å². The number of nitrogens with one attached hydrogen (secondary N) is 1. The molecule has 1 aliphatic carbocycles. The lowest BCUT2D eigenvalue weighted by atomic mass is 9.77. The van der Waals surface area contributed by atoms with Gasteiger partial charge in [0.15, 0.2) is 6.04 Å². The number of hydrogen-bond acceptors (Lipinski definition) is 3. The second-order valence-electron chi connectivity index (χ2n) is 6.34. The van der Waals surface area contributed by atoms with Crippen molar-refractivity contribution in [1.82, 2.24) is 5.32 Å². The van der Waals surface area contributed by atoms with Gasteiger partial charge in [0, 0.05) is 5.56 Å². The normalized spacial score (nSPS) is 15.2. The molecule has 1 atom stereocenters. The maximum absolute atomic E-state index is 12.3. The topological polar surface area (TPSA) is 86.6 Å². The Morgan fingerprint density at radius 1 is 1.12 bits per heavy atom. The molecule has 1 amide bonds. The van der Waals surface area contributed by atoms with Crippen LogP contribution in [0.25, 0.3) is 11.1 Å². The SMILES string of the molecule is O=C(NC(CO)C(=O)O)c1cccc(-c2ccccc2C2CCC2)c1. The maximum Gasteiger partial charge on any atom is 0.328 e. The number of benzene rings is 2. The van der Waals surface area contributed by atoms with Gasteiger partial charge in [0.2, 0.25) is 0 Å². The molecule has 1 aliphatic rings. The zero-order chi connectivity index (χ0) is 17.8. The van der Waals surface area contributed by atoms with E-state index in [1.165, 1.54) is 24.8 Å². The first-order chi connectivity index (χ1) is 12.1. The first-order valence-corrected chi connectivity index (χ1v) is 8.44.